The first-order chi connectivity index (χ1) is 6.67. The number of piperidine rings is 1. The fraction of sp³-hybridized carbons (Fsp3) is 0.900. The minimum Gasteiger partial charge on any atom is -0.378 e. The van der Waals surface area contributed by atoms with Crippen molar-refractivity contribution in [2.45, 2.75) is 31.9 Å². The third kappa shape index (κ3) is 2.96. The SMILES string of the molecule is CCC(=O)N[C@H]1CCN(C)C[C@@H]1OC. The van der Waals surface area contributed by atoms with Crippen molar-refractivity contribution in [3.8, 4) is 0 Å². The number of hydrogen-bond donors (Lipinski definition) is 1. The van der Waals surface area contributed by atoms with Crippen LogP contribution in [0.25, 0.3) is 0 Å². The van der Waals surface area contributed by atoms with Crippen molar-refractivity contribution in [2.75, 3.05) is 27.2 Å². The number of nitrogens with one attached hydrogen (secondary N) is 1. The standard InChI is InChI=1S/C10H20N2O2/c1-4-10(13)11-8-5-6-12(2)7-9(8)14-3/h8-9H,4-7H2,1-3H3,(H,11,13)/t8-,9-/m0/s1. The van der Waals surface area contributed by atoms with Crippen LogP contribution in [0.15, 0.2) is 0 Å². The molecule has 1 heterocycles. The zero-order chi connectivity index (χ0) is 10.6. The number of methoxy groups -OCH3 is 1. The van der Waals surface area contributed by atoms with Crippen LogP contribution < -0.4 is 5.32 Å². The molecule has 0 aliphatic carbocycles. The second-order valence-electron chi connectivity index (χ2n) is 3.85. The van der Waals surface area contributed by atoms with Crippen LogP contribution in [0, 0.1) is 0 Å². The lowest BCUT2D eigenvalue weighted by atomic mass is 10.0. The molecular weight excluding hydrogens is 180 g/mol. The molecule has 0 aromatic rings. The maximum Gasteiger partial charge on any atom is 0.220 e. The summed E-state index contributed by atoms with van der Waals surface area (Å²) in [5.41, 5.74) is 0. The number of likely N-dealkylation sites (tertiary alicyclic amines) is 1. The van der Waals surface area contributed by atoms with E-state index in [1.54, 1.807) is 7.11 Å². The molecule has 0 bridgehead atoms. The van der Waals surface area contributed by atoms with Gasteiger partial charge in [-0.3, -0.25) is 4.79 Å². The van der Waals surface area contributed by atoms with Gasteiger partial charge in [-0.2, -0.15) is 0 Å². The van der Waals surface area contributed by atoms with Gasteiger partial charge < -0.3 is 15.0 Å². The van der Waals surface area contributed by atoms with Crippen LogP contribution in [0.2, 0.25) is 0 Å². The minimum atomic E-state index is 0.113. The molecule has 1 fully saturated rings. The zero-order valence-electron chi connectivity index (χ0n) is 9.25. The monoisotopic (exact) mass is 200 g/mol. The third-order valence-corrected chi connectivity index (χ3v) is 2.73. The van der Waals surface area contributed by atoms with Crippen molar-refractivity contribution in [3.63, 3.8) is 0 Å². The summed E-state index contributed by atoms with van der Waals surface area (Å²) in [7, 11) is 3.78. The molecule has 1 aliphatic heterocycles. The van der Waals surface area contributed by atoms with Crippen molar-refractivity contribution in [3.05, 3.63) is 0 Å². The lowest BCUT2D eigenvalue weighted by Gasteiger charge is -2.36. The summed E-state index contributed by atoms with van der Waals surface area (Å²) in [6, 6.07) is 0.184. The van der Waals surface area contributed by atoms with Gasteiger partial charge in [0.25, 0.3) is 0 Å². The van der Waals surface area contributed by atoms with Gasteiger partial charge in [0.05, 0.1) is 12.1 Å². The summed E-state index contributed by atoms with van der Waals surface area (Å²) in [5, 5.41) is 3.00. The van der Waals surface area contributed by atoms with Crippen LogP contribution in [-0.2, 0) is 9.53 Å². The Morgan fingerprint density at radius 1 is 1.64 bits per heavy atom. The average Bonchev–Trinajstić information content (AvgIpc) is 2.20. The van der Waals surface area contributed by atoms with Gasteiger partial charge in [0.1, 0.15) is 0 Å². The number of carbonyl (C=O) groups is 1. The van der Waals surface area contributed by atoms with Crippen LogP contribution in [0.4, 0.5) is 0 Å². The predicted octanol–water partition coefficient (Wildman–Crippen LogP) is 0.232. The highest BCUT2D eigenvalue weighted by molar-refractivity contribution is 5.75. The molecule has 14 heavy (non-hydrogen) atoms. The molecule has 2 atom stereocenters. The fourth-order valence-corrected chi connectivity index (χ4v) is 1.78. The van der Waals surface area contributed by atoms with E-state index in [0.717, 1.165) is 19.5 Å². The van der Waals surface area contributed by atoms with Gasteiger partial charge in [-0.25, -0.2) is 0 Å². The molecule has 0 spiro atoms. The lowest BCUT2D eigenvalue weighted by Crippen LogP contribution is -2.53. The summed E-state index contributed by atoms with van der Waals surface area (Å²) in [5.74, 6) is 0.113. The number of likely N-dealkylation sites (N-methyl/N-ethyl adjacent to an activating group) is 1. The van der Waals surface area contributed by atoms with Crippen LogP contribution in [-0.4, -0.2) is 50.2 Å². The summed E-state index contributed by atoms with van der Waals surface area (Å²) in [4.78, 5) is 13.5. The lowest BCUT2D eigenvalue weighted by molar-refractivity contribution is -0.123. The Bertz CT molecular complexity index is 197. The smallest absolute Gasteiger partial charge is 0.220 e. The summed E-state index contributed by atoms with van der Waals surface area (Å²) >= 11 is 0. The minimum absolute atomic E-state index is 0.113. The Morgan fingerprint density at radius 3 is 2.93 bits per heavy atom. The molecule has 1 aliphatic rings. The normalized spacial score (nSPS) is 28.8. The molecule has 1 saturated heterocycles. The van der Waals surface area contributed by atoms with E-state index in [1.807, 2.05) is 6.92 Å². The number of rotatable bonds is 3. The quantitative estimate of drug-likeness (QED) is 0.709. The van der Waals surface area contributed by atoms with Crippen LogP contribution >= 0.6 is 0 Å². The molecule has 1 rings (SSSR count). The second kappa shape index (κ2) is 5.32. The third-order valence-electron chi connectivity index (χ3n) is 2.73. The first-order valence-corrected chi connectivity index (χ1v) is 5.18. The molecular formula is C10H20N2O2. The number of amides is 1. The van der Waals surface area contributed by atoms with Crippen LogP contribution in [0.3, 0.4) is 0 Å². The van der Waals surface area contributed by atoms with Gasteiger partial charge in [-0.15, -0.1) is 0 Å². The molecule has 0 radical (unpaired) electrons. The van der Waals surface area contributed by atoms with Crippen molar-refractivity contribution < 1.29 is 9.53 Å². The first kappa shape index (κ1) is 11.5. The van der Waals surface area contributed by atoms with E-state index in [1.165, 1.54) is 0 Å². The van der Waals surface area contributed by atoms with Gasteiger partial charge in [-0.1, -0.05) is 6.92 Å². The van der Waals surface area contributed by atoms with Gasteiger partial charge in [0.2, 0.25) is 5.91 Å². The molecule has 1 amide bonds. The van der Waals surface area contributed by atoms with E-state index in [0.29, 0.717) is 6.42 Å². The van der Waals surface area contributed by atoms with E-state index in [-0.39, 0.29) is 18.1 Å². The molecule has 82 valence electrons. The maximum atomic E-state index is 11.2. The van der Waals surface area contributed by atoms with Gasteiger partial charge in [0, 0.05) is 20.1 Å². The number of carbonyl (C=O) groups excluding carboxylic acids is 1. The Hall–Kier alpha value is -0.610. The van der Waals surface area contributed by atoms with Crippen LogP contribution in [0.5, 0.6) is 0 Å². The zero-order valence-corrected chi connectivity index (χ0v) is 9.25. The predicted molar refractivity (Wildman–Crippen MR) is 55.1 cm³/mol. The highest BCUT2D eigenvalue weighted by Crippen LogP contribution is 2.12. The van der Waals surface area contributed by atoms with Crippen molar-refractivity contribution in [2.24, 2.45) is 0 Å². The molecule has 4 heteroatoms. The number of nitrogens with zero attached hydrogens (tertiary/aromatic N) is 1. The summed E-state index contributed by atoms with van der Waals surface area (Å²) < 4.78 is 5.36. The summed E-state index contributed by atoms with van der Waals surface area (Å²) in [6.07, 6.45) is 1.65. The van der Waals surface area contributed by atoms with Crippen LogP contribution in [0.1, 0.15) is 19.8 Å². The Kier molecular flexibility index (Phi) is 4.35. The molecule has 0 aromatic heterocycles. The largest absolute Gasteiger partial charge is 0.378 e. The topological polar surface area (TPSA) is 41.6 Å². The van der Waals surface area contributed by atoms with E-state index < -0.39 is 0 Å². The molecule has 4 nitrogen and oxygen atoms in total. The van der Waals surface area contributed by atoms with Gasteiger partial charge >= 0.3 is 0 Å². The molecule has 0 saturated carbocycles. The highest BCUT2D eigenvalue weighted by Gasteiger charge is 2.28. The fourth-order valence-electron chi connectivity index (χ4n) is 1.78. The Labute approximate surface area is 85.6 Å². The Morgan fingerprint density at radius 2 is 2.36 bits per heavy atom. The van der Waals surface area contributed by atoms with Crippen molar-refractivity contribution in [1.29, 1.82) is 0 Å². The van der Waals surface area contributed by atoms with E-state index in [2.05, 4.69) is 17.3 Å². The average molecular weight is 200 g/mol. The van der Waals surface area contributed by atoms with E-state index in [4.69, 9.17) is 4.74 Å². The highest BCUT2D eigenvalue weighted by atomic mass is 16.5. The van der Waals surface area contributed by atoms with Crippen molar-refractivity contribution in [1.82, 2.24) is 10.2 Å². The Balaban J connectivity index is 2.45. The molecule has 1 N–H and O–H groups in total. The maximum absolute atomic E-state index is 11.2. The van der Waals surface area contributed by atoms with E-state index >= 15 is 0 Å². The van der Waals surface area contributed by atoms with Crippen molar-refractivity contribution >= 4 is 5.91 Å². The second-order valence-corrected chi connectivity index (χ2v) is 3.85. The van der Waals surface area contributed by atoms with E-state index in [9.17, 15) is 4.79 Å². The summed E-state index contributed by atoms with van der Waals surface area (Å²) in [6.45, 7) is 3.78. The first-order valence-electron chi connectivity index (χ1n) is 5.18. The number of ether oxygens (including phenoxy) is 1. The molecule has 0 aromatic carbocycles. The molecule has 0 unspecified atom stereocenters. The van der Waals surface area contributed by atoms with Gasteiger partial charge in [0.15, 0.2) is 0 Å². The van der Waals surface area contributed by atoms with Gasteiger partial charge in [-0.05, 0) is 20.0 Å². The number of hydrogen-bond acceptors (Lipinski definition) is 3.